The van der Waals surface area contributed by atoms with Crippen LogP contribution in [0.25, 0.3) is 0 Å². The maximum absolute atomic E-state index is 13.3. The van der Waals surface area contributed by atoms with Gasteiger partial charge < -0.3 is 14.2 Å². The van der Waals surface area contributed by atoms with Crippen molar-refractivity contribution in [2.24, 2.45) is 0 Å². The van der Waals surface area contributed by atoms with E-state index in [-0.39, 0.29) is 12.5 Å². The molecule has 0 N–H and O–H groups in total. The predicted molar refractivity (Wildman–Crippen MR) is 127 cm³/mol. The van der Waals surface area contributed by atoms with Crippen LogP contribution in [-0.4, -0.2) is 35.6 Å². The maximum Gasteiger partial charge on any atom is 0.416 e. The van der Waals surface area contributed by atoms with Crippen molar-refractivity contribution in [2.75, 3.05) is 20.3 Å². The number of hydrogen-bond acceptors (Lipinski definition) is 2. The number of unbranched alkanes of at least 4 members (excludes halogenated alkanes) is 1. The lowest BCUT2D eigenvalue weighted by Gasteiger charge is -2.24. The molecule has 34 heavy (non-hydrogen) atoms. The first-order valence-corrected chi connectivity index (χ1v) is 11.5. The van der Waals surface area contributed by atoms with Crippen molar-refractivity contribution in [3.05, 3.63) is 94.8 Å². The summed E-state index contributed by atoms with van der Waals surface area (Å²) < 4.78 is 46.3. The highest BCUT2D eigenvalue weighted by molar-refractivity contribution is 5.94. The average molecular weight is 473 g/mol. The quantitative estimate of drug-likeness (QED) is 0.334. The second-order valence-corrected chi connectivity index (χ2v) is 8.35. The van der Waals surface area contributed by atoms with E-state index in [2.05, 4.69) is 6.92 Å². The summed E-state index contributed by atoms with van der Waals surface area (Å²) in [4.78, 5) is 15.0. The molecule has 0 bridgehead atoms. The van der Waals surface area contributed by atoms with Gasteiger partial charge in [-0.3, -0.25) is 4.79 Å². The molecule has 3 aromatic rings. The Balaban J connectivity index is 1.76. The summed E-state index contributed by atoms with van der Waals surface area (Å²) in [5, 5.41) is 0. The molecule has 0 atom stereocenters. The fourth-order valence-corrected chi connectivity index (χ4v) is 3.82. The SMILES string of the molecule is CCCCc1ccc(C(=O)N(CCOC)Cc2cccn2Cc2cccc(C(F)(F)F)c2)cc1. The number of aryl methyl sites for hydroxylation is 1. The average Bonchev–Trinajstić information content (AvgIpc) is 3.26. The number of methoxy groups -OCH3 is 1. The van der Waals surface area contributed by atoms with E-state index in [9.17, 15) is 18.0 Å². The van der Waals surface area contributed by atoms with Crippen LogP contribution >= 0.6 is 0 Å². The summed E-state index contributed by atoms with van der Waals surface area (Å²) in [6.45, 7) is 3.54. The zero-order valence-corrected chi connectivity index (χ0v) is 19.6. The van der Waals surface area contributed by atoms with Crippen LogP contribution in [0.15, 0.2) is 66.9 Å². The third-order valence-electron chi connectivity index (χ3n) is 5.76. The van der Waals surface area contributed by atoms with Crippen LogP contribution in [-0.2, 0) is 30.4 Å². The van der Waals surface area contributed by atoms with Gasteiger partial charge in [-0.15, -0.1) is 0 Å². The van der Waals surface area contributed by atoms with Crippen molar-refractivity contribution < 1.29 is 22.7 Å². The number of nitrogens with zero attached hydrogens (tertiary/aromatic N) is 2. The Kier molecular flexibility index (Phi) is 8.93. The third-order valence-corrected chi connectivity index (χ3v) is 5.76. The minimum atomic E-state index is -4.38. The number of carbonyl (C=O) groups is 1. The number of ether oxygens (including phenoxy) is 1. The second-order valence-electron chi connectivity index (χ2n) is 8.35. The fraction of sp³-hybridized carbons (Fsp3) is 0.370. The highest BCUT2D eigenvalue weighted by Gasteiger charge is 2.30. The smallest absolute Gasteiger partial charge is 0.383 e. The van der Waals surface area contributed by atoms with E-state index in [1.807, 2.05) is 47.2 Å². The molecule has 7 heteroatoms. The van der Waals surface area contributed by atoms with Crippen molar-refractivity contribution in [1.82, 2.24) is 9.47 Å². The molecule has 0 aliphatic carbocycles. The summed E-state index contributed by atoms with van der Waals surface area (Å²) in [6.07, 6.45) is 0.644. The van der Waals surface area contributed by atoms with Crippen LogP contribution in [0.1, 0.15) is 52.5 Å². The number of halogens is 3. The minimum Gasteiger partial charge on any atom is -0.383 e. The summed E-state index contributed by atoms with van der Waals surface area (Å²) in [5.74, 6) is -0.106. The zero-order valence-electron chi connectivity index (χ0n) is 19.6. The molecule has 0 saturated heterocycles. The van der Waals surface area contributed by atoms with Gasteiger partial charge in [0.2, 0.25) is 0 Å². The maximum atomic E-state index is 13.3. The number of alkyl halides is 3. The summed E-state index contributed by atoms with van der Waals surface area (Å²) in [5.41, 5.74) is 2.52. The van der Waals surface area contributed by atoms with Gasteiger partial charge in [0, 0.05) is 37.7 Å². The standard InChI is InChI=1S/C27H31F3N2O2/c1-3-4-7-21-11-13-23(14-12-21)26(33)32(16-17-34-2)20-25-10-6-15-31(25)19-22-8-5-9-24(18-22)27(28,29)30/h5-6,8-15,18H,3-4,7,16-17,19-20H2,1-2H3. The molecule has 4 nitrogen and oxygen atoms in total. The van der Waals surface area contributed by atoms with Gasteiger partial charge in [-0.25, -0.2) is 0 Å². The van der Waals surface area contributed by atoms with Crippen LogP contribution in [0.4, 0.5) is 13.2 Å². The molecule has 3 rings (SSSR count). The lowest BCUT2D eigenvalue weighted by atomic mass is 10.1. The van der Waals surface area contributed by atoms with Gasteiger partial charge in [-0.1, -0.05) is 37.6 Å². The molecule has 1 heterocycles. The van der Waals surface area contributed by atoms with E-state index in [1.54, 1.807) is 18.1 Å². The van der Waals surface area contributed by atoms with Gasteiger partial charge in [-0.2, -0.15) is 13.2 Å². The van der Waals surface area contributed by atoms with E-state index in [0.29, 0.717) is 30.8 Å². The van der Waals surface area contributed by atoms with Crippen LogP contribution < -0.4 is 0 Å². The molecule has 1 aromatic heterocycles. The first-order valence-electron chi connectivity index (χ1n) is 11.5. The monoisotopic (exact) mass is 472 g/mol. The largest absolute Gasteiger partial charge is 0.416 e. The molecule has 0 unspecified atom stereocenters. The normalized spacial score (nSPS) is 11.6. The van der Waals surface area contributed by atoms with Gasteiger partial charge in [-0.05, 0) is 60.4 Å². The Hall–Kier alpha value is -3.06. The fourth-order valence-electron chi connectivity index (χ4n) is 3.82. The Morgan fingerprint density at radius 1 is 1.03 bits per heavy atom. The van der Waals surface area contributed by atoms with Gasteiger partial charge in [0.1, 0.15) is 0 Å². The number of amides is 1. The zero-order chi connectivity index (χ0) is 24.6. The first-order chi connectivity index (χ1) is 16.3. The summed E-state index contributed by atoms with van der Waals surface area (Å²) >= 11 is 0. The van der Waals surface area contributed by atoms with Crippen LogP contribution in [0.3, 0.4) is 0 Å². The Labute approximate surface area is 199 Å². The topological polar surface area (TPSA) is 34.5 Å². The highest BCUT2D eigenvalue weighted by Crippen LogP contribution is 2.29. The van der Waals surface area contributed by atoms with Crippen molar-refractivity contribution >= 4 is 5.91 Å². The lowest BCUT2D eigenvalue weighted by molar-refractivity contribution is -0.137. The van der Waals surface area contributed by atoms with Crippen molar-refractivity contribution in [3.8, 4) is 0 Å². The van der Waals surface area contributed by atoms with Crippen LogP contribution in [0.2, 0.25) is 0 Å². The van der Waals surface area contributed by atoms with Crippen molar-refractivity contribution in [2.45, 2.75) is 45.5 Å². The van der Waals surface area contributed by atoms with Gasteiger partial charge in [0.05, 0.1) is 18.7 Å². The van der Waals surface area contributed by atoms with Gasteiger partial charge in [0.15, 0.2) is 0 Å². The summed E-state index contributed by atoms with van der Waals surface area (Å²) in [6, 6.07) is 16.7. The van der Waals surface area contributed by atoms with E-state index in [1.165, 1.54) is 11.6 Å². The van der Waals surface area contributed by atoms with Crippen LogP contribution in [0, 0.1) is 0 Å². The Morgan fingerprint density at radius 2 is 1.79 bits per heavy atom. The lowest BCUT2D eigenvalue weighted by Crippen LogP contribution is -2.34. The molecule has 0 saturated carbocycles. The molecular weight excluding hydrogens is 441 g/mol. The molecule has 0 spiro atoms. The molecule has 0 aliphatic rings. The minimum absolute atomic E-state index is 0.106. The van der Waals surface area contributed by atoms with Crippen molar-refractivity contribution in [1.29, 1.82) is 0 Å². The van der Waals surface area contributed by atoms with E-state index < -0.39 is 11.7 Å². The number of aromatic nitrogens is 1. The molecule has 0 fully saturated rings. The predicted octanol–water partition coefficient (Wildman–Crippen LogP) is 6.19. The summed E-state index contributed by atoms with van der Waals surface area (Å²) in [7, 11) is 1.58. The number of rotatable bonds is 11. The molecular formula is C27H31F3N2O2. The van der Waals surface area contributed by atoms with Crippen LogP contribution in [0.5, 0.6) is 0 Å². The van der Waals surface area contributed by atoms with E-state index in [0.717, 1.165) is 37.1 Å². The molecule has 0 aliphatic heterocycles. The van der Waals surface area contributed by atoms with E-state index >= 15 is 0 Å². The number of carbonyl (C=O) groups excluding carboxylic acids is 1. The molecule has 2 aromatic carbocycles. The Bertz CT molecular complexity index is 1060. The number of benzene rings is 2. The first kappa shape index (κ1) is 25.6. The molecule has 1 amide bonds. The number of hydrogen-bond donors (Lipinski definition) is 0. The van der Waals surface area contributed by atoms with Gasteiger partial charge >= 0.3 is 6.18 Å². The second kappa shape index (κ2) is 11.9. The van der Waals surface area contributed by atoms with Crippen molar-refractivity contribution in [3.63, 3.8) is 0 Å². The Morgan fingerprint density at radius 3 is 2.47 bits per heavy atom. The third kappa shape index (κ3) is 6.97. The highest BCUT2D eigenvalue weighted by atomic mass is 19.4. The van der Waals surface area contributed by atoms with Gasteiger partial charge in [0.25, 0.3) is 5.91 Å². The molecule has 182 valence electrons. The molecule has 0 radical (unpaired) electrons. The van der Waals surface area contributed by atoms with E-state index in [4.69, 9.17) is 4.74 Å².